The Labute approximate surface area is 115 Å². The van der Waals surface area contributed by atoms with Crippen LogP contribution in [0.3, 0.4) is 0 Å². The Balaban J connectivity index is 0.00000225. The Morgan fingerprint density at radius 1 is 1.50 bits per heavy atom. The van der Waals surface area contributed by atoms with Gasteiger partial charge in [0.25, 0.3) is 0 Å². The molecule has 1 atom stereocenters. The molecule has 9 heteroatoms. The molecule has 0 fully saturated rings. The minimum Gasteiger partial charge on any atom is -0.768 e. The minimum absolute atomic E-state index is 0. The summed E-state index contributed by atoms with van der Waals surface area (Å²) in [6.45, 7) is 0. The Morgan fingerprint density at radius 2 is 2.06 bits per heavy atom. The van der Waals surface area contributed by atoms with Crippen molar-refractivity contribution in [3.8, 4) is 5.75 Å². The first-order chi connectivity index (χ1) is 6.97. The van der Waals surface area contributed by atoms with E-state index in [4.69, 9.17) is 0 Å². The van der Waals surface area contributed by atoms with Crippen molar-refractivity contribution in [3.63, 3.8) is 0 Å². The van der Waals surface area contributed by atoms with Gasteiger partial charge in [-0.05, 0) is 17.1 Å². The standard InChI is InChI=1S/C7H6FNO5S.Na/c1-14-7-5(8)2-4(15(12)13)3-6(7)9(10)11;/h2-3H,1H3,(H,12,13);/q;+1/p-1. The van der Waals surface area contributed by atoms with Gasteiger partial charge in [-0.25, -0.2) is 4.39 Å². The van der Waals surface area contributed by atoms with Crippen molar-refractivity contribution in [1.82, 2.24) is 0 Å². The van der Waals surface area contributed by atoms with E-state index >= 15 is 0 Å². The van der Waals surface area contributed by atoms with Crippen molar-refractivity contribution < 1.29 is 52.4 Å². The Hall–Kier alpha value is -0.540. The minimum atomic E-state index is -2.73. The molecule has 0 radical (unpaired) electrons. The van der Waals surface area contributed by atoms with Crippen molar-refractivity contribution in [3.05, 3.63) is 28.1 Å². The topological polar surface area (TPSA) is 92.5 Å². The fourth-order valence-electron chi connectivity index (χ4n) is 0.989. The van der Waals surface area contributed by atoms with E-state index < -0.39 is 38.2 Å². The van der Waals surface area contributed by atoms with E-state index in [1.54, 1.807) is 0 Å². The third-order valence-corrected chi connectivity index (χ3v) is 2.21. The molecule has 0 aromatic heterocycles. The molecule has 82 valence electrons. The van der Waals surface area contributed by atoms with E-state index in [0.29, 0.717) is 6.07 Å². The Bertz CT molecular complexity index is 441. The van der Waals surface area contributed by atoms with Crippen LogP contribution in [0.4, 0.5) is 10.1 Å². The number of ether oxygens (including phenoxy) is 1. The molecule has 0 aliphatic carbocycles. The van der Waals surface area contributed by atoms with E-state index in [1.165, 1.54) is 0 Å². The number of nitrogens with zero attached hydrogens (tertiary/aromatic N) is 1. The molecule has 0 amide bonds. The molecule has 0 bridgehead atoms. The fourth-order valence-corrected chi connectivity index (χ4v) is 1.40. The summed E-state index contributed by atoms with van der Waals surface area (Å²) in [6.07, 6.45) is 0. The van der Waals surface area contributed by atoms with Gasteiger partial charge in [-0.15, -0.1) is 0 Å². The predicted molar refractivity (Wildman–Crippen MR) is 46.8 cm³/mol. The summed E-state index contributed by atoms with van der Waals surface area (Å²) >= 11 is -2.73. The number of halogens is 1. The molecule has 0 aliphatic rings. The number of benzene rings is 1. The zero-order chi connectivity index (χ0) is 11.6. The summed E-state index contributed by atoms with van der Waals surface area (Å²) in [6, 6.07) is 1.37. The third-order valence-electron chi connectivity index (χ3n) is 1.59. The molecule has 0 saturated heterocycles. The molecular formula is C7H5FNNaO5S. The molecule has 1 aromatic rings. The maximum absolute atomic E-state index is 13.1. The fraction of sp³-hybridized carbons (Fsp3) is 0.143. The number of hydrogen-bond donors (Lipinski definition) is 0. The maximum atomic E-state index is 13.1. The monoisotopic (exact) mass is 257 g/mol. The van der Waals surface area contributed by atoms with Crippen LogP contribution in [-0.2, 0) is 11.1 Å². The quantitative estimate of drug-likeness (QED) is 0.270. The average molecular weight is 257 g/mol. The van der Waals surface area contributed by atoms with E-state index in [1.807, 2.05) is 0 Å². The van der Waals surface area contributed by atoms with Gasteiger partial charge < -0.3 is 9.29 Å². The number of rotatable bonds is 3. The summed E-state index contributed by atoms with van der Waals surface area (Å²) in [7, 11) is 1.05. The molecule has 0 spiro atoms. The van der Waals surface area contributed by atoms with E-state index in [9.17, 15) is 23.3 Å². The largest absolute Gasteiger partial charge is 1.00 e. The van der Waals surface area contributed by atoms with Crippen LogP contribution in [0.15, 0.2) is 17.0 Å². The van der Waals surface area contributed by atoms with Crippen LogP contribution >= 0.6 is 0 Å². The second-order valence-corrected chi connectivity index (χ2v) is 3.39. The second kappa shape index (κ2) is 6.26. The van der Waals surface area contributed by atoms with Gasteiger partial charge >= 0.3 is 35.2 Å². The maximum Gasteiger partial charge on any atom is 1.00 e. The molecule has 1 rings (SSSR count). The van der Waals surface area contributed by atoms with Gasteiger partial charge in [0.2, 0.25) is 5.75 Å². The molecule has 16 heavy (non-hydrogen) atoms. The molecule has 0 saturated carbocycles. The molecule has 1 unspecified atom stereocenters. The number of nitro benzene ring substituents is 1. The van der Waals surface area contributed by atoms with Crippen LogP contribution < -0.4 is 34.3 Å². The molecule has 1 aromatic carbocycles. The second-order valence-electron chi connectivity index (χ2n) is 2.45. The summed E-state index contributed by atoms with van der Waals surface area (Å²) in [5.74, 6) is -1.68. The third kappa shape index (κ3) is 3.22. The SMILES string of the molecule is COc1c(F)cc(S(=O)[O-])cc1[N+](=O)[O-].[Na+]. The number of nitro groups is 1. The first-order valence-corrected chi connectivity index (χ1v) is 4.66. The van der Waals surface area contributed by atoms with Gasteiger partial charge in [-0.2, -0.15) is 0 Å². The predicted octanol–water partition coefficient (Wildman–Crippen LogP) is -2.02. The van der Waals surface area contributed by atoms with Gasteiger partial charge in [-0.3, -0.25) is 14.3 Å². The first kappa shape index (κ1) is 15.5. The van der Waals surface area contributed by atoms with Crippen molar-refractivity contribution in [2.45, 2.75) is 4.90 Å². The molecule has 0 N–H and O–H groups in total. The van der Waals surface area contributed by atoms with E-state index in [0.717, 1.165) is 13.2 Å². The van der Waals surface area contributed by atoms with Crippen molar-refractivity contribution in [2.24, 2.45) is 0 Å². The van der Waals surface area contributed by atoms with Crippen molar-refractivity contribution >= 4 is 16.8 Å². The molecule has 0 aliphatic heterocycles. The summed E-state index contributed by atoms with van der Waals surface area (Å²) < 4.78 is 38.6. The first-order valence-electron chi connectivity index (χ1n) is 3.58. The van der Waals surface area contributed by atoms with Gasteiger partial charge in [0, 0.05) is 11.0 Å². The summed E-state index contributed by atoms with van der Waals surface area (Å²) in [4.78, 5) is 9.05. The number of hydrogen-bond acceptors (Lipinski definition) is 5. The van der Waals surface area contributed by atoms with Crippen LogP contribution in [0.2, 0.25) is 0 Å². The summed E-state index contributed by atoms with van der Waals surface area (Å²) in [5, 5.41) is 10.5. The molecule has 6 nitrogen and oxygen atoms in total. The zero-order valence-corrected chi connectivity index (χ0v) is 11.2. The smallest absolute Gasteiger partial charge is 0.768 e. The Kier molecular flexibility index (Phi) is 6.05. The van der Waals surface area contributed by atoms with Crippen LogP contribution in [0.5, 0.6) is 5.75 Å². The van der Waals surface area contributed by atoms with Gasteiger partial charge in [0.15, 0.2) is 5.82 Å². The van der Waals surface area contributed by atoms with E-state index in [-0.39, 0.29) is 29.6 Å². The molecular weight excluding hydrogens is 252 g/mol. The van der Waals surface area contributed by atoms with Gasteiger partial charge in [-0.1, -0.05) is 0 Å². The summed E-state index contributed by atoms with van der Waals surface area (Å²) in [5.41, 5.74) is -0.725. The van der Waals surface area contributed by atoms with Gasteiger partial charge in [0.05, 0.1) is 12.0 Å². The average Bonchev–Trinajstić information content (AvgIpc) is 2.16. The molecule has 0 heterocycles. The van der Waals surface area contributed by atoms with Crippen LogP contribution in [0.25, 0.3) is 0 Å². The normalized spacial score (nSPS) is 11.4. The van der Waals surface area contributed by atoms with E-state index in [2.05, 4.69) is 4.74 Å². The van der Waals surface area contributed by atoms with Crippen LogP contribution in [0.1, 0.15) is 0 Å². The van der Waals surface area contributed by atoms with Crippen LogP contribution in [0, 0.1) is 15.9 Å². The van der Waals surface area contributed by atoms with Gasteiger partial charge in [0.1, 0.15) is 0 Å². The van der Waals surface area contributed by atoms with Crippen LogP contribution in [-0.4, -0.2) is 20.8 Å². The zero-order valence-electron chi connectivity index (χ0n) is 8.43. The Morgan fingerprint density at radius 3 is 2.44 bits per heavy atom. The number of methoxy groups -OCH3 is 1. The van der Waals surface area contributed by atoms with Crippen molar-refractivity contribution in [2.75, 3.05) is 7.11 Å². The van der Waals surface area contributed by atoms with Crippen molar-refractivity contribution in [1.29, 1.82) is 0 Å².